The lowest BCUT2D eigenvalue weighted by molar-refractivity contribution is -0.141. The maximum atomic E-state index is 13.9. The molecule has 3 rings (SSSR count). The van der Waals surface area contributed by atoms with E-state index >= 15 is 0 Å². The SMILES string of the molecule is CCCCCOC(=O)C1=C(C)NC2=C(C(=O)CC(C)(C)C2)[C@@H]1c1ccccc1C(F)(F)F. The van der Waals surface area contributed by atoms with E-state index in [1.165, 1.54) is 18.2 Å². The molecule has 0 spiro atoms. The summed E-state index contributed by atoms with van der Waals surface area (Å²) in [5.74, 6) is -2.04. The predicted molar refractivity (Wildman–Crippen MR) is 116 cm³/mol. The molecule has 1 aliphatic heterocycles. The van der Waals surface area contributed by atoms with Gasteiger partial charge < -0.3 is 10.1 Å². The molecule has 0 amide bonds. The van der Waals surface area contributed by atoms with Crippen molar-refractivity contribution in [3.05, 3.63) is 57.9 Å². The molecule has 174 valence electrons. The molecule has 7 heteroatoms. The summed E-state index contributed by atoms with van der Waals surface area (Å²) in [5.41, 5.74) is 0.0691. The number of dihydropyridines is 1. The number of carbonyl (C=O) groups excluding carboxylic acids is 2. The first-order valence-corrected chi connectivity index (χ1v) is 11.0. The topological polar surface area (TPSA) is 55.4 Å². The van der Waals surface area contributed by atoms with Crippen molar-refractivity contribution in [3.8, 4) is 0 Å². The summed E-state index contributed by atoms with van der Waals surface area (Å²) in [5, 5.41) is 3.15. The molecule has 0 unspecified atom stereocenters. The number of allylic oxidation sites excluding steroid dienone is 3. The molecule has 1 aromatic carbocycles. The molecule has 1 aromatic rings. The number of ketones is 1. The van der Waals surface area contributed by atoms with Gasteiger partial charge in [-0.2, -0.15) is 13.2 Å². The van der Waals surface area contributed by atoms with Gasteiger partial charge >= 0.3 is 12.1 Å². The summed E-state index contributed by atoms with van der Waals surface area (Å²) in [6.07, 6.45) is -1.41. The van der Waals surface area contributed by atoms with E-state index in [0.29, 0.717) is 24.2 Å². The van der Waals surface area contributed by atoms with Crippen LogP contribution in [0.2, 0.25) is 0 Å². The average Bonchev–Trinajstić information content (AvgIpc) is 2.68. The highest BCUT2D eigenvalue weighted by atomic mass is 19.4. The molecule has 0 aromatic heterocycles. The lowest BCUT2D eigenvalue weighted by Crippen LogP contribution is -2.39. The molecule has 0 saturated carbocycles. The van der Waals surface area contributed by atoms with Crippen LogP contribution in [-0.4, -0.2) is 18.4 Å². The van der Waals surface area contributed by atoms with Crippen molar-refractivity contribution in [1.82, 2.24) is 5.32 Å². The van der Waals surface area contributed by atoms with E-state index in [0.717, 1.165) is 18.9 Å². The number of halogens is 3. The Balaban J connectivity index is 2.14. The molecule has 2 aliphatic rings. The first kappa shape index (κ1) is 24.1. The number of alkyl halides is 3. The van der Waals surface area contributed by atoms with E-state index in [2.05, 4.69) is 5.32 Å². The van der Waals surface area contributed by atoms with Gasteiger partial charge in [0.2, 0.25) is 0 Å². The first-order chi connectivity index (χ1) is 15.0. The van der Waals surface area contributed by atoms with Crippen molar-refractivity contribution in [3.63, 3.8) is 0 Å². The highest BCUT2D eigenvalue weighted by Crippen LogP contribution is 2.49. The molecular weight excluding hydrogens is 419 g/mol. The van der Waals surface area contributed by atoms with Gasteiger partial charge in [0.25, 0.3) is 0 Å². The van der Waals surface area contributed by atoms with E-state index in [4.69, 9.17) is 4.74 Å². The molecular formula is C25H30F3NO3. The average molecular weight is 450 g/mol. The third kappa shape index (κ3) is 4.92. The van der Waals surface area contributed by atoms with Gasteiger partial charge in [-0.05, 0) is 36.8 Å². The summed E-state index contributed by atoms with van der Waals surface area (Å²) in [4.78, 5) is 26.3. The Morgan fingerprint density at radius 3 is 2.53 bits per heavy atom. The zero-order chi connectivity index (χ0) is 23.7. The van der Waals surface area contributed by atoms with E-state index in [9.17, 15) is 22.8 Å². The maximum absolute atomic E-state index is 13.9. The number of rotatable bonds is 6. The second-order valence-electron chi connectivity index (χ2n) is 9.36. The standard InChI is InChI=1S/C25H30F3NO3/c1-5-6-9-12-32-23(31)20-15(2)29-18-13-24(3,4)14-19(30)22(18)21(20)16-10-7-8-11-17(16)25(26,27)28/h7-8,10-11,21,29H,5-6,9,12-14H2,1-4H3/t21-/m1/s1. The fourth-order valence-corrected chi connectivity index (χ4v) is 4.62. The van der Waals surface area contributed by atoms with Crippen LogP contribution >= 0.6 is 0 Å². The van der Waals surface area contributed by atoms with Crippen LogP contribution in [0.3, 0.4) is 0 Å². The Bertz CT molecular complexity index is 973. The quantitative estimate of drug-likeness (QED) is 0.425. The zero-order valence-corrected chi connectivity index (χ0v) is 19.0. The third-order valence-corrected chi connectivity index (χ3v) is 6.02. The summed E-state index contributed by atoms with van der Waals surface area (Å²) in [6, 6.07) is 5.17. The van der Waals surface area contributed by atoms with Crippen LogP contribution in [0.4, 0.5) is 13.2 Å². The molecule has 0 fully saturated rings. The molecule has 1 atom stereocenters. The number of Topliss-reactive ketones (excluding diaryl/α,β-unsaturated/α-hetero) is 1. The lowest BCUT2D eigenvalue weighted by atomic mass is 9.68. The number of hydrogen-bond acceptors (Lipinski definition) is 4. The molecule has 1 N–H and O–H groups in total. The van der Waals surface area contributed by atoms with Crippen LogP contribution in [0.1, 0.15) is 76.8 Å². The molecule has 1 heterocycles. The molecule has 32 heavy (non-hydrogen) atoms. The van der Waals surface area contributed by atoms with Crippen LogP contribution in [0.25, 0.3) is 0 Å². The van der Waals surface area contributed by atoms with Crippen molar-refractivity contribution >= 4 is 11.8 Å². The van der Waals surface area contributed by atoms with Crippen molar-refractivity contribution in [2.45, 2.75) is 71.9 Å². The van der Waals surface area contributed by atoms with Crippen LogP contribution in [0.5, 0.6) is 0 Å². The third-order valence-electron chi connectivity index (χ3n) is 6.02. The Labute approximate surface area is 186 Å². The zero-order valence-electron chi connectivity index (χ0n) is 19.0. The van der Waals surface area contributed by atoms with Gasteiger partial charge in [0.15, 0.2) is 5.78 Å². The summed E-state index contributed by atoms with van der Waals surface area (Å²) < 4.78 is 47.2. The normalized spacial score (nSPS) is 20.7. The molecule has 0 bridgehead atoms. The predicted octanol–water partition coefficient (Wildman–Crippen LogP) is 6.04. The van der Waals surface area contributed by atoms with E-state index < -0.39 is 23.6 Å². The molecule has 1 aliphatic carbocycles. The van der Waals surface area contributed by atoms with Crippen molar-refractivity contribution in [2.75, 3.05) is 6.61 Å². The van der Waals surface area contributed by atoms with Gasteiger partial charge in [-0.25, -0.2) is 4.79 Å². The highest BCUT2D eigenvalue weighted by molar-refractivity contribution is 6.04. The number of ether oxygens (including phenoxy) is 1. The van der Waals surface area contributed by atoms with Crippen LogP contribution < -0.4 is 5.32 Å². The number of esters is 1. The van der Waals surface area contributed by atoms with Gasteiger partial charge in [-0.1, -0.05) is 51.8 Å². The minimum Gasteiger partial charge on any atom is -0.462 e. The van der Waals surface area contributed by atoms with Crippen molar-refractivity contribution in [1.29, 1.82) is 0 Å². The Hall–Kier alpha value is -2.57. The van der Waals surface area contributed by atoms with Crippen LogP contribution in [-0.2, 0) is 20.5 Å². The van der Waals surface area contributed by atoms with Gasteiger partial charge in [0, 0.05) is 29.3 Å². The number of nitrogens with one attached hydrogen (secondary N) is 1. The monoisotopic (exact) mass is 449 g/mol. The molecule has 4 nitrogen and oxygen atoms in total. The Morgan fingerprint density at radius 1 is 1.19 bits per heavy atom. The fraction of sp³-hybridized carbons (Fsp3) is 0.520. The second kappa shape index (κ2) is 9.12. The maximum Gasteiger partial charge on any atom is 0.416 e. The van der Waals surface area contributed by atoms with Gasteiger partial charge in [-0.3, -0.25) is 4.79 Å². The van der Waals surface area contributed by atoms with Crippen molar-refractivity contribution in [2.24, 2.45) is 5.41 Å². The summed E-state index contributed by atoms with van der Waals surface area (Å²) in [6.45, 7) is 7.76. The number of carbonyl (C=O) groups is 2. The van der Waals surface area contributed by atoms with Gasteiger partial charge in [0.05, 0.1) is 17.7 Å². The second-order valence-corrected chi connectivity index (χ2v) is 9.36. The molecule has 0 radical (unpaired) electrons. The van der Waals surface area contributed by atoms with E-state index in [-0.39, 0.29) is 40.9 Å². The lowest BCUT2D eigenvalue weighted by Gasteiger charge is -2.40. The van der Waals surface area contributed by atoms with Gasteiger partial charge in [-0.15, -0.1) is 0 Å². The Morgan fingerprint density at radius 2 is 1.88 bits per heavy atom. The van der Waals surface area contributed by atoms with Crippen molar-refractivity contribution < 1.29 is 27.5 Å². The summed E-state index contributed by atoms with van der Waals surface area (Å²) >= 11 is 0. The Kier molecular flexibility index (Phi) is 6.86. The van der Waals surface area contributed by atoms with Gasteiger partial charge in [0.1, 0.15) is 0 Å². The van der Waals surface area contributed by atoms with E-state index in [1.54, 1.807) is 6.92 Å². The first-order valence-electron chi connectivity index (χ1n) is 11.0. The highest BCUT2D eigenvalue weighted by Gasteiger charge is 2.46. The molecule has 0 saturated heterocycles. The number of hydrogen-bond donors (Lipinski definition) is 1. The largest absolute Gasteiger partial charge is 0.462 e. The van der Waals surface area contributed by atoms with Crippen LogP contribution in [0, 0.1) is 5.41 Å². The fourth-order valence-electron chi connectivity index (χ4n) is 4.62. The summed E-state index contributed by atoms with van der Waals surface area (Å²) in [7, 11) is 0. The minimum absolute atomic E-state index is 0.0741. The van der Waals surface area contributed by atoms with E-state index in [1.807, 2.05) is 20.8 Å². The minimum atomic E-state index is -4.62. The smallest absolute Gasteiger partial charge is 0.416 e. The number of benzene rings is 1. The van der Waals surface area contributed by atoms with Crippen LogP contribution in [0.15, 0.2) is 46.8 Å². The number of unbranched alkanes of at least 4 members (excludes halogenated alkanes) is 2.